The Balaban J connectivity index is 4.45. The molecular formula is C14H26. The Labute approximate surface area is 90.1 Å². The van der Waals surface area contributed by atoms with E-state index < -0.39 is 0 Å². The van der Waals surface area contributed by atoms with E-state index in [1.807, 2.05) is 0 Å². The molecule has 0 atom stereocenters. The van der Waals surface area contributed by atoms with E-state index in [0.29, 0.717) is 0 Å². The third-order valence-electron chi connectivity index (χ3n) is 2.54. The molecule has 0 unspecified atom stereocenters. The van der Waals surface area contributed by atoms with Crippen LogP contribution in [0.25, 0.3) is 0 Å². The molecule has 0 aliphatic heterocycles. The van der Waals surface area contributed by atoms with Crippen molar-refractivity contribution in [3.8, 4) is 0 Å². The summed E-state index contributed by atoms with van der Waals surface area (Å²) in [5.41, 5.74) is 1.55. The maximum atomic E-state index is 2.38. The predicted molar refractivity (Wildman–Crippen MR) is 66.5 cm³/mol. The van der Waals surface area contributed by atoms with Gasteiger partial charge in [-0.15, -0.1) is 0 Å². The molecule has 82 valence electrons. The van der Waals surface area contributed by atoms with E-state index in [1.165, 1.54) is 25.7 Å². The van der Waals surface area contributed by atoms with Gasteiger partial charge in [0.15, 0.2) is 0 Å². The highest BCUT2D eigenvalue weighted by Gasteiger charge is 2.09. The fourth-order valence-corrected chi connectivity index (χ4v) is 1.97. The molecule has 0 nitrogen and oxygen atoms in total. The maximum Gasteiger partial charge on any atom is -0.0165 e. The Morgan fingerprint density at radius 1 is 1.07 bits per heavy atom. The highest BCUT2D eigenvalue weighted by molar-refractivity contribution is 5.21. The lowest BCUT2D eigenvalue weighted by Crippen LogP contribution is -2.02. The summed E-state index contributed by atoms with van der Waals surface area (Å²) in [4.78, 5) is 0. The van der Waals surface area contributed by atoms with Crippen LogP contribution < -0.4 is 0 Å². The highest BCUT2D eigenvalue weighted by Crippen LogP contribution is 2.24. The minimum absolute atomic E-state index is 0.793. The van der Waals surface area contributed by atoms with Crippen LogP contribution in [0.15, 0.2) is 23.8 Å². The number of rotatable bonds is 7. The van der Waals surface area contributed by atoms with Crippen molar-refractivity contribution in [3.05, 3.63) is 23.8 Å². The molecular weight excluding hydrogens is 168 g/mol. The van der Waals surface area contributed by atoms with Crippen LogP contribution in [0.2, 0.25) is 0 Å². The zero-order chi connectivity index (χ0) is 10.8. The summed E-state index contributed by atoms with van der Waals surface area (Å²) < 4.78 is 0. The molecule has 14 heavy (non-hydrogen) atoms. The largest absolute Gasteiger partial charge is 0.0874 e. The van der Waals surface area contributed by atoms with Crippen molar-refractivity contribution in [2.45, 2.75) is 59.8 Å². The fraction of sp³-hybridized carbons (Fsp3) is 0.714. The van der Waals surface area contributed by atoms with Gasteiger partial charge in [-0.25, -0.2) is 0 Å². The fourth-order valence-electron chi connectivity index (χ4n) is 1.97. The first kappa shape index (κ1) is 13.5. The second-order valence-electron chi connectivity index (χ2n) is 3.89. The number of hydrogen-bond acceptors (Lipinski definition) is 0. The summed E-state index contributed by atoms with van der Waals surface area (Å²) in [6, 6.07) is 0. The Kier molecular flexibility index (Phi) is 8.72. The summed E-state index contributed by atoms with van der Waals surface area (Å²) in [7, 11) is 0. The number of allylic oxidation sites excluding steroid dienone is 4. The standard InChI is InChI=1S/C14H26/c1-5-9-13(10-6-2)14(11-7-3)12-8-4/h5,9-10,14H,6-8,11-12H2,1-4H3. The van der Waals surface area contributed by atoms with E-state index in [4.69, 9.17) is 0 Å². The Morgan fingerprint density at radius 2 is 1.64 bits per heavy atom. The van der Waals surface area contributed by atoms with Gasteiger partial charge in [-0.05, 0) is 37.7 Å². The molecule has 0 aromatic rings. The summed E-state index contributed by atoms with van der Waals surface area (Å²) in [5, 5.41) is 0. The van der Waals surface area contributed by atoms with E-state index in [2.05, 4.69) is 45.9 Å². The van der Waals surface area contributed by atoms with Crippen LogP contribution in [0.4, 0.5) is 0 Å². The Bertz CT molecular complexity index is 168. The van der Waals surface area contributed by atoms with Crippen molar-refractivity contribution >= 4 is 0 Å². The molecule has 0 heterocycles. The predicted octanol–water partition coefficient (Wildman–Crippen LogP) is 5.12. The second kappa shape index (κ2) is 9.05. The van der Waals surface area contributed by atoms with Crippen LogP contribution >= 0.6 is 0 Å². The monoisotopic (exact) mass is 194 g/mol. The molecule has 0 N–H and O–H groups in total. The Morgan fingerprint density at radius 3 is 2.00 bits per heavy atom. The van der Waals surface area contributed by atoms with Crippen LogP contribution in [-0.4, -0.2) is 0 Å². The third kappa shape index (κ3) is 5.26. The normalized spacial score (nSPS) is 13.1. The van der Waals surface area contributed by atoms with Gasteiger partial charge in [0.05, 0.1) is 0 Å². The molecule has 0 saturated heterocycles. The van der Waals surface area contributed by atoms with E-state index in [9.17, 15) is 0 Å². The van der Waals surface area contributed by atoms with E-state index in [0.717, 1.165) is 12.3 Å². The van der Waals surface area contributed by atoms with Crippen molar-refractivity contribution in [1.82, 2.24) is 0 Å². The smallest absolute Gasteiger partial charge is 0.0165 e. The van der Waals surface area contributed by atoms with Crippen LogP contribution in [0.1, 0.15) is 59.8 Å². The van der Waals surface area contributed by atoms with Crippen LogP contribution in [0.5, 0.6) is 0 Å². The molecule has 0 bridgehead atoms. The topological polar surface area (TPSA) is 0 Å². The molecule has 0 amide bonds. The van der Waals surface area contributed by atoms with Gasteiger partial charge in [-0.1, -0.05) is 51.8 Å². The third-order valence-corrected chi connectivity index (χ3v) is 2.54. The Hall–Kier alpha value is -0.520. The molecule has 0 radical (unpaired) electrons. The van der Waals surface area contributed by atoms with Gasteiger partial charge in [0.1, 0.15) is 0 Å². The van der Waals surface area contributed by atoms with Crippen LogP contribution in [0, 0.1) is 5.92 Å². The average molecular weight is 194 g/mol. The first-order chi connectivity index (χ1) is 6.79. The van der Waals surface area contributed by atoms with Gasteiger partial charge in [0.2, 0.25) is 0 Å². The van der Waals surface area contributed by atoms with Gasteiger partial charge < -0.3 is 0 Å². The molecule has 0 saturated carbocycles. The first-order valence-electron chi connectivity index (χ1n) is 6.12. The minimum Gasteiger partial charge on any atom is -0.0874 e. The highest BCUT2D eigenvalue weighted by atomic mass is 14.1. The van der Waals surface area contributed by atoms with Gasteiger partial charge in [0.25, 0.3) is 0 Å². The zero-order valence-electron chi connectivity index (χ0n) is 10.3. The molecule has 0 aromatic heterocycles. The zero-order valence-corrected chi connectivity index (χ0v) is 10.3. The molecule has 0 spiro atoms. The summed E-state index contributed by atoms with van der Waals surface area (Å²) in [6.07, 6.45) is 13.3. The molecule has 0 heteroatoms. The van der Waals surface area contributed by atoms with Crippen molar-refractivity contribution in [3.63, 3.8) is 0 Å². The van der Waals surface area contributed by atoms with Gasteiger partial charge in [-0.2, -0.15) is 0 Å². The lowest BCUT2D eigenvalue weighted by Gasteiger charge is -2.16. The van der Waals surface area contributed by atoms with Crippen molar-refractivity contribution in [1.29, 1.82) is 0 Å². The maximum absolute atomic E-state index is 2.38. The van der Waals surface area contributed by atoms with Crippen LogP contribution in [-0.2, 0) is 0 Å². The van der Waals surface area contributed by atoms with Gasteiger partial charge in [0, 0.05) is 0 Å². The van der Waals surface area contributed by atoms with E-state index >= 15 is 0 Å². The molecule has 0 fully saturated rings. The quantitative estimate of drug-likeness (QED) is 0.494. The minimum atomic E-state index is 0.793. The van der Waals surface area contributed by atoms with Gasteiger partial charge in [-0.3, -0.25) is 0 Å². The summed E-state index contributed by atoms with van der Waals surface area (Å²) in [6.45, 7) is 8.89. The molecule has 0 rings (SSSR count). The summed E-state index contributed by atoms with van der Waals surface area (Å²) >= 11 is 0. The van der Waals surface area contributed by atoms with Gasteiger partial charge >= 0.3 is 0 Å². The van der Waals surface area contributed by atoms with Crippen molar-refractivity contribution in [2.24, 2.45) is 5.92 Å². The number of hydrogen-bond donors (Lipinski definition) is 0. The van der Waals surface area contributed by atoms with Crippen LogP contribution in [0.3, 0.4) is 0 Å². The molecule has 0 aliphatic carbocycles. The summed E-state index contributed by atoms with van der Waals surface area (Å²) in [5.74, 6) is 0.793. The molecule has 0 aromatic carbocycles. The van der Waals surface area contributed by atoms with E-state index in [1.54, 1.807) is 5.57 Å². The van der Waals surface area contributed by atoms with Crippen molar-refractivity contribution in [2.75, 3.05) is 0 Å². The lowest BCUT2D eigenvalue weighted by molar-refractivity contribution is 0.511. The average Bonchev–Trinajstić information content (AvgIpc) is 2.17. The SMILES string of the molecule is CC=CC(=CCC)C(CCC)CCC. The first-order valence-corrected chi connectivity index (χ1v) is 6.12. The molecule has 0 aliphatic rings. The lowest BCUT2D eigenvalue weighted by atomic mass is 9.89. The second-order valence-corrected chi connectivity index (χ2v) is 3.89. The van der Waals surface area contributed by atoms with E-state index in [-0.39, 0.29) is 0 Å². The van der Waals surface area contributed by atoms with Crippen molar-refractivity contribution < 1.29 is 0 Å².